The van der Waals surface area contributed by atoms with Crippen LogP contribution in [0.4, 0.5) is 0 Å². The maximum Gasteiger partial charge on any atom is 3.00 e. The van der Waals surface area contributed by atoms with Gasteiger partial charge in [0.25, 0.3) is 0 Å². The molecular weight excluding hydrogens is 235 g/mol. The van der Waals surface area contributed by atoms with Crippen molar-refractivity contribution in [1.29, 1.82) is 0 Å². The van der Waals surface area contributed by atoms with E-state index in [4.69, 9.17) is 0 Å². The first-order valence-corrected chi connectivity index (χ1v) is 3.75. The summed E-state index contributed by atoms with van der Waals surface area (Å²) in [5.41, 5.74) is 7.34. The van der Waals surface area contributed by atoms with E-state index >= 15 is 0 Å². The van der Waals surface area contributed by atoms with E-state index in [0.29, 0.717) is 0 Å². The van der Waals surface area contributed by atoms with E-state index in [-0.39, 0.29) is 41.1 Å². The van der Waals surface area contributed by atoms with Crippen LogP contribution < -0.4 is 0 Å². The first kappa shape index (κ1) is 18.9. The van der Waals surface area contributed by atoms with Gasteiger partial charge in [-0.15, -0.1) is 0 Å². The molecule has 1 aromatic carbocycles. The molecule has 0 aliphatic rings. The zero-order valence-electron chi connectivity index (χ0n) is 10.0. The predicted octanol–water partition coefficient (Wildman–Crippen LogP) is 3.85. The largest absolute Gasteiger partial charge is 3.00 e. The van der Waals surface area contributed by atoms with Gasteiger partial charge in [0.05, 0.1) is 0 Å². The average molecular weight is 257 g/mol. The fourth-order valence-electron chi connectivity index (χ4n) is 1.41. The van der Waals surface area contributed by atoms with E-state index in [1.165, 1.54) is 27.8 Å². The molecule has 0 fully saturated rings. The number of rotatable bonds is 0. The van der Waals surface area contributed by atoms with Crippen LogP contribution in [0.1, 0.15) is 27.8 Å². The Morgan fingerprint density at radius 2 is 1.00 bits per heavy atom. The molecule has 0 atom stereocenters. The molecule has 1 heteroatoms. The quantitative estimate of drug-likeness (QED) is 0.619. The Morgan fingerprint density at radius 3 is 1.08 bits per heavy atom. The van der Waals surface area contributed by atoms with Crippen LogP contribution in [0.25, 0.3) is 0 Å². The molecule has 73 valence electrons. The Morgan fingerprint density at radius 1 is 0.769 bits per heavy atom. The van der Waals surface area contributed by atoms with Crippen LogP contribution in [0.3, 0.4) is 0 Å². The van der Waals surface area contributed by atoms with Crippen molar-refractivity contribution in [3.8, 4) is 0 Å². The number of hydrogen-bond acceptors (Lipinski definition) is 0. The van der Waals surface area contributed by atoms with Crippen molar-refractivity contribution in [2.24, 2.45) is 0 Å². The fraction of sp³-hybridized carbons (Fsp3) is 0.417. The van der Waals surface area contributed by atoms with E-state index in [2.05, 4.69) is 34.6 Å². The second-order valence-corrected chi connectivity index (χ2v) is 3.12. The van der Waals surface area contributed by atoms with Crippen LogP contribution in [0.2, 0.25) is 0 Å². The van der Waals surface area contributed by atoms with Gasteiger partial charge in [-0.3, -0.25) is 0 Å². The SMILES string of the molecule is Cc1c(C)c(C)[c-](C)c1C.[CH3-].[CH3-].[Zr+3]. The van der Waals surface area contributed by atoms with E-state index < -0.39 is 0 Å². The molecule has 0 N–H and O–H groups in total. The van der Waals surface area contributed by atoms with Crippen LogP contribution in [-0.2, 0) is 26.2 Å². The maximum atomic E-state index is 2.20. The van der Waals surface area contributed by atoms with Crippen molar-refractivity contribution in [3.05, 3.63) is 42.7 Å². The molecule has 1 aromatic rings. The Balaban J connectivity index is -0.000000333. The molecule has 0 bridgehead atoms. The standard InChI is InChI=1S/C10H15.2CH3.Zr/c1-6-7(2)9(4)10(5)8(6)3;;;/h1-5H3;2*1H3;/q3*-1;+3. The first-order chi connectivity index (χ1) is 4.55. The minimum Gasteiger partial charge on any atom is -0.358 e. The van der Waals surface area contributed by atoms with Gasteiger partial charge in [0.1, 0.15) is 0 Å². The van der Waals surface area contributed by atoms with E-state index in [1.807, 2.05) is 0 Å². The normalized spacial score (nSPS) is 8.08. The summed E-state index contributed by atoms with van der Waals surface area (Å²) in [6, 6.07) is 0. The van der Waals surface area contributed by atoms with Gasteiger partial charge in [0, 0.05) is 0 Å². The van der Waals surface area contributed by atoms with E-state index in [1.54, 1.807) is 0 Å². The second-order valence-electron chi connectivity index (χ2n) is 3.12. The Kier molecular flexibility index (Phi) is 9.68. The van der Waals surface area contributed by atoms with Crippen molar-refractivity contribution in [3.63, 3.8) is 0 Å². The summed E-state index contributed by atoms with van der Waals surface area (Å²) in [7, 11) is 0. The van der Waals surface area contributed by atoms with Gasteiger partial charge in [-0.25, -0.2) is 0 Å². The summed E-state index contributed by atoms with van der Waals surface area (Å²) in [4.78, 5) is 0. The Bertz CT molecular complexity index is 176. The third kappa shape index (κ3) is 3.13. The molecule has 1 radical (unpaired) electrons. The van der Waals surface area contributed by atoms with Gasteiger partial charge in [-0.05, 0) is 0 Å². The smallest absolute Gasteiger partial charge is 0.358 e. The van der Waals surface area contributed by atoms with E-state index in [9.17, 15) is 0 Å². The molecule has 0 aliphatic heterocycles. The van der Waals surface area contributed by atoms with Gasteiger partial charge < -0.3 is 14.9 Å². The molecule has 0 nitrogen and oxygen atoms in total. The Labute approximate surface area is 103 Å². The van der Waals surface area contributed by atoms with Crippen LogP contribution in [0, 0.1) is 49.5 Å². The van der Waals surface area contributed by atoms with Crippen LogP contribution in [0.15, 0.2) is 0 Å². The molecule has 0 amide bonds. The molecule has 0 unspecified atom stereocenters. The van der Waals surface area contributed by atoms with Crippen molar-refractivity contribution in [2.75, 3.05) is 0 Å². The predicted molar refractivity (Wildman–Crippen MR) is 58.5 cm³/mol. The second kappa shape index (κ2) is 6.65. The van der Waals surface area contributed by atoms with Crippen molar-refractivity contribution < 1.29 is 26.2 Å². The minimum absolute atomic E-state index is 0. The minimum atomic E-state index is 0. The third-order valence-corrected chi connectivity index (χ3v) is 2.81. The molecule has 13 heavy (non-hydrogen) atoms. The maximum absolute atomic E-state index is 2.20. The van der Waals surface area contributed by atoms with Gasteiger partial charge >= 0.3 is 26.2 Å². The molecular formula is C12H21Zr. The third-order valence-electron chi connectivity index (χ3n) is 2.81. The summed E-state index contributed by atoms with van der Waals surface area (Å²) < 4.78 is 0. The topological polar surface area (TPSA) is 0 Å². The molecule has 0 saturated heterocycles. The van der Waals surface area contributed by atoms with Crippen LogP contribution in [-0.4, -0.2) is 0 Å². The van der Waals surface area contributed by atoms with Crippen molar-refractivity contribution in [1.82, 2.24) is 0 Å². The summed E-state index contributed by atoms with van der Waals surface area (Å²) in [6.07, 6.45) is 0. The van der Waals surface area contributed by atoms with Gasteiger partial charge in [0.15, 0.2) is 0 Å². The van der Waals surface area contributed by atoms with Crippen molar-refractivity contribution >= 4 is 0 Å². The summed E-state index contributed by atoms with van der Waals surface area (Å²) in [6.45, 7) is 11.0. The zero-order chi connectivity index (χ0) is 7.89. The molecule has 0 heterocycles. The van der Waals surface area contributed by atoms with Gasteiger partial charge in [-0.1, -0.05) is 34.6 Å². The summed E-state index contributed by atoms with van der Waals surface area (Å²) in [5.74, 6) is 0. The molecule has 1 rings (SSSR count). The zero-order valence-corrected chi connectivity index (χ0v) is 12.5. The van der Waals surface area contributed by atoms with Crippen LogP contribution in [0.5, 0.6) is 0 Å². The summed E-state index contributed by atoms with van der Waals surface area (Å²) >= 11 is 0. The molecule has 0 spiro atoms. The van der Waals surface area contributed by atoms with E-state index in [0.717, 1.165) is 0 Å². The first-order valence-electron chi connectivity index (χ1n) is 3.75. The monoisotopic (exact) mass is 255 g/mol. The molecule has 0 aliphatic carbocycles. The Hall–Kier alpha value is 0.233. The average Bonchev–Trinajstić information content (AvgIpc) is 2.07. The van der Waals surface area contributed by atoms with Gasteiger partial charge in [0.2, 0.25) is 0 Å². The van der Waals surface area contributed by atoms with Gasteiger partial charge in [-0.2, -0.15) is 27.8 Å². The van der Waals surface area contributed by atoms with Crippen molar-refractivity contribution in [2.45, 2.75) is 34.6 Å². The molecule has 0 saturated carbocycles. The molecule has 0 aromatic heterocycles. The fourth-order valence-corrected chi connectivity index (χ4v) is 1.41. The summed E-state index contributed by atoms with van der Waals surface area (Å²) in [5, 5.41) is 0. The number of hydrogen-bond donors (Lipinski definition) is 0. The van der Waals surface area contributed by atoms with Crippen LogP contribution >= 0.6 is 0 Å².